The lowest BCUT2D eigenvalue weighted by Gasteiger charge is -2.10. The summed E-state index contributed by atoms with van der Waals surface area (Å²) in [6, 6.07) is 2.95. The van der Waals surface area contributed by atoms with Gasteiger partial charge >= 0.3 is 6.03 Å². The summed E-state index contributed by atoms with van der Waals surface area (Å²) in [5.74, 6) is 0.588. The number of carbonyl (C=O) groups is 1. The van der Waals surface area contributed by atoms with Crippen LogP contribution >= 0.6 is 15.9 Å². The molecular weight excluding hydrogens is 248 g/mol. The Hall–Kier alpha value is -1.23. The molecule has 5 heteroatoms. The van der Waals surface area contributed by atoms with Gasteiger partial charge in [-0.1, -0.05) is 15.9 Å². The van der Waals surface area contributed by atoms with E-state index in [1.807, 2.05) is 13.0 Å². The van der Waals surface area contributed by atoms with Crippen LogP contribution in [0, 0.1) is 6.92 Å². The molecule has 0 heterocycles. The molecule has 0 unspecified atom stereocenters. The van der Waals surface area contributed by atoms with Crippen molar-refractivity contribution in [2.75, 3.05) is 12.4 Å². The van der Waals surface area contributed by atoms with Gasteiger partial charge in [-0.3, -0.25) is 0 Å². The predicted octanol–water partition coefficient (Wildman–Crippen LogP) is 2.26. The molecule has 3 N–H and O–H groups in total. The second kappa shape index (κ2) is 4.32. The molecule has 1 rings (SSSR count). The molecule has 0 radical (unpaired) electrons. The zero-order valence-corrected chi connectivity index (χ0v) is 9.51. The van der Waals surface area contributed by atoms with E-state index in [2.05, 4.69) is 21.2 Å². The third kappa shape index (κ3) is 2.38. The van der Waals surface area contributed by atoms with Crippen LogP contribution < -0.4 is 15.8 Å². The fraction of sp³-hybridized carbons (Fsp3) is 0.222. The first-order valence-electron chi connectivity index (χ1n) is 3.95. The average Bonchev–Trinajstić information content (AvgIpc) is 2.10. The molecule has 0 aliphatic carbocycles. The average molecular weight is 259 g/mol. The van der Waals surface area contributed by atoms with E-state index in [0.717, 1.165) is 10.0 Å². The molecule has 4 nitrogen and oxygen atoms in total. The predicted molar refractivity (Wildman–Crippen MR) is 58.6 cm³/mol. The fourth-order valence-electron chi connectivity index (χ4n) is 1.05. The summed E-state index contributed by atoms with van der Waals surface area (Å²) in [5.41, 5.74) is 6.59. The van der Waals surface area contributed by atoms with Gasteiger partial charge in [-0.15, -0.1) is 0 Å². The van der Waals surface area contributed by atoms with E-state index in [-0.39, 0.29) is 0 Å². The maximum Gasteiger partial charge on any atom is 0.316 e. The molecule has 0 fully saturated rings. The van der Waals surface area contributed by atoms with Gasteiger partial charge in [0.1, 0.15) is 5.75 Å². The molecule has 76 valence electrons. The second-order valence-corrected chi connectivity index (χ2v) is 3.65. The number of carbonyl (C=O) groups excluding carboxylic acids is 1. The summed E-state index contributed by atoms with van der Waals surface area (Å²) < 4.78 is 5.98. The van der Waals surface area contributed by atoms with Crippen LogP contribution in [0.4, 0.5) is 10.5 Å². The van der Waals surface area contributed by atoms with Crippen LogP contribution in [0.5, 0.6) is 5.75 Å². The number of nitrogens with two attached hydrogens (primary N) is 1. The number of amides is 2. The van der Waals surface area contributed by atoms with Gasteiger partial charge in [0.05, 0.1) is 12.8 Å². The van der Waals surface area contributed by atoms with Gasteiger partial charge in [-0.2, -0.15) is 0 Å². The molecule has 0 aliphatic heterocycles. The number of urea groups is 1. The van der Waals surface area contributed by atoms with Crippen molar-refractivity contribution in [1.29, 1.82) is 0 Å². The summed E-state index contributed by atoms with van der Waals surface area (Å²) >= 11 is 3.35. The maximum absolute atomic E-state index is 10.7. The van der Waals surface area contributed by atoms with Crippen LogP contribution in [0.15, 0.2) is 16.6 Å². The number of aryl methyl sites for hydroxylation is 1. The van der Waals surface area contributed by atoms with E-state index in [4.69, 9.17) is 10.5 Å². The van der Waals surface area contributed by atoms with E-state index < -0.39 is 6.03 Å². The highest BCUT2D eigenvalue weighted by Gasteiger charge is 2.07. The van der Waals surface area contributed by atoms with Gasteiger partial charge in [0.15, 0.2) is 0 Å². The quantitative estimate of drug-likeness (QED) is 0.855. The summed E-state index contributed by atoms with van der Waals surface area (Å²) in [7, 11) is 1.54. The van der Waals surface area contributed by atoms with Crippen molar-refractivity contribution in [3.05, 3.63) is 22.2 Å². The molecule has 0 saturated carbocycles. The Kier molecular flexibility index (Phi) is 3.35. The van der Waals surface area contributed by atoms with Gasteiger partial charge in [-0.05, 0) is 24.6 Å². The maximum atomic E-state index is 10.7. The first-order valence-corrected chi connectivity index (χ1v) is 4.74. The van der Waals surface area contributed by atoms with Crippen molar-refractivity contribution in [2.45, 2.75) is 6.92 Å². The summed E-state index contributed by atoms with van der Waals surface area (Å²) in [6.07, 6.45) is 0. The highest BCUT2D eigenvalue weighted by atomic mass is 79.9. The van der Waals surface area contributed by atoms with Gasteiger partial charge in [-0.25, -0.2) is 4.79 Å². The van der Waals surface area contributed by atoms with Crippen LogP contribution in [0.3, 0.4) is 0 Å². The Bertz CT molecular complexity index is 366. The number of ether oxygens (including phenoxy) is 1. The molecule has 1 aromatic carbocycles. The number of benzene rings is 1. The van der Waals surface area contributed by atoms with E-state index in [1.54, 1.807) is 6.07 Å². The Morgan fingerprint density at radius 2 is 2.21 bits per heavy atom. The third-order valence-electron chi connectivity index (χ3n) is 1.74. The number of hydrogen-bond donors (Lipinski definition) is 2. The van der Waals surface area contributed by atoms with Gasteiger partial charge in [0.25, 0.3) is 0 Å². The molecule has 0 aromatic heterocycles. The number of anilines is 1. The van der Waals surface area contributed by atoms with Gasteiger partial charge in [0, 0.05) is 4.47 Å². The smallest absolute Gasteiger partial charge is 0.316 e. The number of primary amides is 1. The van der Waals surface area contributed by atoms with E-state index in [1.165, 1.54) is 7.11 Å². The molecule has 1 aromatic rings. The van der Waals surface area contributed by atoms with Crippen LogP contribution in [-0.2, 0) is 0 Å². The van der Waals surface area contributed by atoms with E-state index >= 15 is 0 Å². The monoisotopic (exact) mass is 258 g/mol. The van der Waals surface area contributed by atoms with Crippen molar-refractivity contribution >= 4 is 27.6 Å². The fourth-order valence-corrected chi connectivity index (χ4v) is 1.40. The third-order valence-corrected chi connectivity index (χ3v) is 2.59. The Morgan fingerprint density at radius 1 is 1.57 bits per heavy atom. The molecule has 0 atom stereocenters. The van der Waals surface area contributed by atoms with Crippen LogP contribution in [0.2, 0.25) is 0 Å². The molecule has 0 bridgehead atoms. The summed E-state index contributed by atoms with van der Waals surface area (Å²) in [5, 5.41) is 2.48. The lowest BCUT2D eigenvalue weighted by atomic mass is 10.2. The summed E-state index contributed by atoms with van der Waals surface area (Å²) in [4.78, 5) is 10.7. The number of rotatable bonds is 2. The van der Waals surface area contributed by atoms with Crippen molar-refractivity contribution in [1.82, 2.24) is 0 Å². The minimum atomic E-state index is -0.612. The second-order valence-electron chi connectivity index (χ2n) is 2.79. The SMILES string of the molecule is COc1cc(C)c(Br)cc1NC(N)=O. The molecule has 14 heavy (non-hydrogen) atoms. The number of nitrogens with one attached hydrogen (secondary N) is 1. The molecule has 0 saturated heterocycles. The highest BCUT2D eigenvalue weighted by molar-refractivity contribution is 9.10. The van der Waals surface area contributed by atoms with Crippen LogP contribution in [0.25, 0.3) is 0 Å². The Morgan fingerprint density at radius 3 is 2.71 bits per heavy atom. The molecule has 0 spiro atoms. The zero-order chi connectivity index (χ0) is 10.7. The van der Waals surface area contributed by atoms with E-state index in [9.17, 15) is 4.79 Å². The minimum absolute atomic E-state index is 0.553. The molecule has 0 aliphatic rings. The zero-order valence-electron chi connectivity index (χ0n) is 7.93. The van der Waals surface area contributed by atoms with Crippen molar-refractivity contribution in [3.63, 3.8) is 0 Å². The first-order chi connectivity index (χ1) is 6.54. The van der Waals surface area contributed by atoms with Crippen molar-refractivity contribution in [3.8, 4) is 5.75 Å². The largest absolute Gasteiger partial charge is 0.495 e. The standard InChI is InChI=1S/C9H11BrN2O2/c1-5-3-8(14-2)7(4-6(5)10)12-9(11)13/h3-4H,1-2H3,(H3,11,12,13). The topological polar surface area (TPSA) is 64.3 Å². The minimum Gasteiger partial charge on any atom is -0.495 e. The van der Waals surface area contributed by atoms with Gasteiger partial charge < -0.3 is 15.8 Å². The molecule has 2 amide bonds. The Balaban J connectivity index is 3.13. The van der Waals surface area contributed by atoms with Gasteiger partial charge in [0.2, 0.25) is 0 Å². The Labute approximate surface area is 90.6 Å². The number of methoxy groups -OCH3 is 1. The van der Waals surface area contributed by atoms with Crippen molar-refractivity contribution < 1.29 is 9.53 Å². The highest BCUT2D eigenvalue weighted by Crippen LogP contribution is 2.30. The van der Waals surface area contributed by atoms with Crippen LogP contribution in [0.1, 0.15) is 5.56 Å². The lowest BCUT2D eigenvalue weighted by Crippen LogP contribution is -2.19. The van der Waals surface area contributed by atoms with Crippen molar-refractivity contribution in [2.24, 2.45) is 5.73 Å². The molecular formula is C9H11BrN2O2. The normalized spacial score (nSPS) is 9.64. The first kappa shape index (κ1) is 10.8. The number of hydrogen-bond acceptors (Lipinski definition) is 2. The lowest BCUT2D eigenvalue weighted by molar-refractivity contribution is 0.259. The summed E-state index contributed by atoms with van der Waals surface area (Å²) in [6.45, 7) is 1.93. The van der Waals surface area contributed by atoms with Crippen LogP contribution in [-0.4, -0.2) is 13.1 Å². The number of halogens is 1. The van der Waals surface area contributed by atoms with E-state index in [0.29, 0.717) is 11.4 Å².